The molecule has 42 valence electrons. The fraction of sp³-hybridized carbons (Fsp3) is 0.167. The van der Waals surface area contributed by atoms with Gasteiger partial charge in [0.15, 0.2) is 0 Å². The molecule has 0 radical (unpaired) electrons. The quantitative estimate of drug-likeness (QED) is 0.485. The first-order valence-corrected chi connectivity index (χ1v) is 2.57. The Labute approximate surface area is 48.6 Å². The Balaban J connectivity index is 2.51. The van der Waals surface area contributed by atoms with Gasteiger partial charge in [-0.05, 0) is 18.4 Å². The lowest BCUT2D eigenvalue weighted by atomic mass is 10.5. The maximum atomic E-state index is 3.90. The first kappa shape index (κ1) is 5.09. The minimum atomic E-state index is 0.869. The summed E-state index contributed by atoms with van der Waals surface area (Å²) in [5, 5.41) is 3.03. The summed E-state index contributed by atoms with van der Waals surface area (Å²) in [7, 11) is 0. The second-order valence-electron chi connectivity index (χ2n) is 1.45. The Morgan fingerprint density at radius 3 is 3.50 bits per heavy atom. The van der Waals surface area contributed by atoms with Crippen molar-refractivity contribution in [3.63, 3.8) is 0 Å². The Morgan fingerprint density at radius 1 is 1.50 bits per heavy atom. The molecule has 8 heavy (non-hydrogen) atoms. The average Bonchev–Trinajstić information content (AvgIpc) is 1.62. The smallest absolute Gasteiger partial charge is 0.0343 e. The van der Waals surface area contributed by atoms with Gasteiger partial charge >= 0.3 is 0 Å². The standard InChI is InChI=1S/C6H8N2/c1-3-7-5-2-6-8-4-1/h1-5,8H,6H2. The van der Waals surface area contributed by atoms with Gasteiger partial charge in [0.2, 0.25) is 0 Å². The molecule has 0 saturated carbocycles. The highest BCUT2D eigenvalue weighted by atomic mass is 14.8. The molecule has 0 atom stereocenters. The zero-order valence-electron chi connectivity index (χ0n) is 4.54. The van der Waals surface area contributed by atoms with Crippen LogP contribution in [-0.4, -0.2) is 12.8 Å². The van der Waals surface area contributed by atoms with Crippen molar-refractivity contribution in [3.05, 3.63) is 24.6 Å². The molecule has 0 saturated heterocycles. The zero-order valence-corrected chi connectivity index (χ0v) is 4.54. The van der Waals surface area contributed by atoms with E-state index in [1.807, 2.05) is 18.4 Å². The van der Waals surface area contributed by atoms with Gasteiger partial charge in [0.25, 0.3) is 0 Å². The van der Waals surface area contributed by atoms with E-state index in [9.17, 15) is 0 Å². The van der Waals surface area contributed by atoms with Gasteiger partial charge in [0.05, 0.1) is 0 Å². The van der Waals surface area contributed by atoms with Crippen LogP contribution >= 0.6 is 0 Å². The number of nitrogens with one attached hydrogen (secondary N) is 1. The van der Waals surface area contributed by atoms with E-state index < -0.39 is 0 Å². The monoisotopic (exact) mass is 108 g/mol. The molecule has 0 amide bonds. The molecule has 0 fully saturated rings. The Kier molecular flexibility index (Phi) is 1.92. The van der Waals surface area contributed by atoms with E-state index in [4.69, 9.17) is 0 Å². The summed E-state index contributed by atoms with van der Waals surface area (Å²) in [5.74, 6) is 0. The van der Waals surface area contributed by atoms with Crippen molar-refractivity contribution < 1.29 is 0 Å². The van der Waals surface area contributed by atoms with Crippen LogP contribution in [0.4, 0.5) is 0 Å². The highest BCUT2D eigenvalue weighted by Gasteiger charge is 1.72. The van der Waals surface area contributed by atoms with E-state index in [2.05, 4.69) is 10.3 Å². The molecule has 0 aromatic heterocycles. The summed E-state index contributed by atoms with van der Waals surface area (Å²) in [4.78, 5) is 3.90. The van der Waals surface area contributed by atoms with Crippen LogP contribution in [0.3, 0.4) is 0 Å². The first-order valence-electron chi connectivity index (χ1n) is 2.57. The normalized spacial score (nSPS) is 17.0. The summed E-state index contributed by atoms with van der Waals surface area (Å²) < 4.78 is 0. The van der Waals surface area contributed by atoms with Gasteiger partial charge in [-0.3, -0.25) is 4.99 Å². The fourth-order valence-corrected chi connectivity index (χ4v) is 0.460. The van der Waals surface area contributed by atoms with Gasteiger partial charge < -0.3 is 5.32 Å². The van der Waals surface area contributed by atoms with Crippen LogP contribution in [-0.2, 0) is 0 Å². The number of allylic oxidation sites excluding steroid dienone is 1. The highest BCUT2D eigenvalue weighted by Crippen LogP contribution is 1.76. The maximum Gasteiger partial charge on any atom is 0.0343 e. The van der Waals surface area contributed by atoms with E-state index in [0.29, 0.717) is 0 Å². The van der Waals surface area contributed by atoms with E-state index in [0.717, 1.165) is 6.54 Å². The maximum absolute atomic E-state index is 3.90. The first-order chi connectivity index (χ1) is 4.00. The van der Waals surface area contributed by atoms with Crippen molar-refractivity contribution in [1.82, 2.24) is 5.32 Å². The molecule has 0 spiro atoms. The molecule has 2 heteroatoms. The molecular weight excluding hydrogens is 100 g/mol. The number of nitrogens with zero attached hydrogens (tertiary/aromatic N) is 1. The Bertz CT molecular complexity index is 117. The number of rotatable bonds is 0. The summed E-state index contributed by atoms with van der Waals surface area (Å²) >= 11 is 0. The molecule has 1 rings (SSSR count). The van der Waals surface area contributed by atoms with E-state index in [1.165, 1.54) is 0 Å². The van der Waals surface area contributed by atoms with E-state index in [1.54, 1.807) is 12.4 Å². The van der Waals surface area contributed by atoms with Crippen molar-refractivity contribution in [1.29, 1.82) is 0 Å². The second kappa shape index (κ2) is 3.02. The third kappa shape index (κ3) is 1.60. The lowest BCUT2D eigenvalue weighted by Crippen LogP contribution is -2.03. The summed E-state index contributed by atoms with van der Waals surface area (Å²) in [6.07, 6.45) is 9.20. The number of hydrogen-bond donors (Lipinski definition) is 1. The molecule has 0 aromatic carbocycles. The van der Waals surface area contributed by atoms with Crippen molar-refractivity contribution in [3.8, 4) is 0 Å². The molecule has 1 aliphatic rings. The third-order valence-electron chi connectivity index (χ3n) is 0.813. The van der Waals surface area contributed by atoms with Crippen LogP contribution in [0, 0.1) is 0 Å². The van der Waals surface area contributed by atoms with Crippen LogP contribution in [0.25, 0.3) is 0 Å². The molecule has 1 N–H and O–H groups in total. The number of hydrogen-bond acceptors (Lipinski definition) is 2. The van der Waals surface area contributed by atoms with Gasteiger partial charge in [-0.2, -0.15) is 0 Å². The summed E-state index contributed by atoms with van der Waals surface area (Å²) in [6, 6.07) is 0. The van der Waals surface area contributed by atoms with Crippen LogP contribution in [0.2, 0.25) is 0 Å². The SMILES string of the molecule is C1=CNCC=CN=C1. The number of aliphatic imine (C=N–C) groups is 1. The predicted octanol–water partition coefficient (Wildman–Crippen LogP) is 0.688. The van der Waals surface area contributed by atoms with Crippen LogP contribution < -0.4 is 5.32 Å². The molecule has 2 nitrogen and oxygen atoms in total. The molecule has 0 aliphatic carbocycles. The van der Waals surface area contributed by atoms with Crippen molar-refractivity contribution in [2.24, 2.45) is 4.99 Å². The zero-order chi connectivity index (χ0) is 5.66. The van der Waals surface area contributed by atoms with Crippen LogP contribution in [0.5, 0.6) is 0 Å². The summed E-state index contributed by atoms with van der Waals surface area (Å²) in [6.45, 7) is 0.869. The minimum Gasteiger partial charge on any atom is -0.387 e. The largest absolute Gasteiger partial charge is 0.387 e. The van der Waals surface area contributed by atoms with Crippen LogP contribution in [0.15, 0.2) is 29.5 Å². The Morgan fingerprint density at radius 2 is 2.50 bits per heavy atom. The van der Waals surface area contributed by atoms with Gasteiger partial charge in [0.1, 0.15) is 0 Å². The lowest BCUT2D eigenvalue weighted by molar-refractivity contribution is 0.982. The molecule has 0 bridgehead atoms. The van der Waals surface area contributed by atoms with Gasteiger partial charge in [-0.15, -0.1) is 0 Å². The molecule has 1 aliphatic heterocycles. The van der Waals surface area contributed by atoms with Gasteiger partial charge in [-0.1, -0.05) is 0 Å². The lowest BCUT2D eigenvalue weighted by Gasteiger charge is -1.92. The molecule has 0 unspecified atom stereocenters. The van der Waals surface area contributed by atoms with E-state index >= 15 is 0 Å². The summed E-state index contributed by atoms with van der Waals surface area (Å²) in [5.41, 5.74) is 0. The highest BCUT2D eigenvalue weighted by molar-refractivity contribution is 5.71. The van der Waals surface area contributed by atoms with Crippen LogP contribution in [0.1, 0.15) is 0 Å². The molecule has 0 aromatic rings. The Hall–Kier alpha value is -1.05. The van der Waals surface area contributed by atoms with Crippen molar-refractivity contribution in [2.45, 2.75) is 0 Å². The molecular formula is C6H8N2. The van der Waals surface area contributed by atoms with E-state index in [-0.39, 0.29) is 0 Å². The van der Waals surface area contributed by atoms with Gasteiger partial charge in [-0.25, -0.2) is 0 Å². The fourth-order valence-electron chi connectivity index (χ4n) is 0.460. The van der Waals surface area contributed by atoms with Gasteiger partial charge in [0, 0.05) is 19.0 Å². The third-order valence-corrected chi connectivity index (χ3v) is 0.813. The minimum absolute atomic E-state index is 0.869. The van der Waals surface area contributed by atoms with Crippen molar-refractivity contribution >= 4 is 6.21 Å². The average molecular weight is 108 g/mol. The predicted molar refractivity (Wildman–Crippen MR) is 34.8 cm³/mol. The molecule has 1 heterocycles. The topological polar surface area (TPSA) is 24.4 Å². The second-order valence-corrected chi connectivity index (χ2v) is 1.45. The van der Waals surface area contributed by atoms with Crippen molar-refractivity contribution in [2.75, 3.05) is 6.54 Å².